The van der Waals surface area contributed by atoms with Crippen LogP contribution in [0, 0.1) is 0 Å². The van der Waals surface area contributed by atoms with Gasteiger partial charge in [0.1, 0.15) is 23.0 Å². The molecule has 0 bridgehead atoms. The molecular weight excluding hydrogens is 574 g/mol. The van der Waals surface area contributed by atoms with Gasteiger partial charge >= 0.3 is 0 Å². The summed E-state index contributed by atoms with van der Waals surface area (Å²) in [6, 6.07) is 17.3. The molecule has 2 N–H and O–H groups in total. The SMILES string of the molecule is COc1cc(Cn2cc(-c3cccc(-c4nc(N)c5cc(OCCCN6CCOCC6)c(OC)cc5n4)c3)nn2)cc(OC)c1. The van der Waals surface area contributed by atoms with Crippen LogP contribution in [0.25, 0.3) is 33.5 Å². The van der Waals surface area contributed by atoms with Gasteiger partial charge in [-0.3, -0.25) is 4.90 Å². The predicted octanol–water partition coefficient (Wildman–Crippen LogP) is 4.31. The van der Waals surface area contributed by atoms with Crippen LogP contribution in [-0.2, 0) is 11.3 Å². The molecule has 234 valence electrons. The van der Waals surface area contributed by atoms with E-state index in [-0.39, 0.29) is 0 Å². The molecule has 0 atom stereocenters. The summed E-state index contributed by atoms with van der Waals surface area (Å²) < 4.78 is 29.7. The van der Waals surface area contributed by atoms with Crippen molar-refractivity contribution in [2.75, 3.05) is 66.5 Å². The lowest BCUT2D eigenvalue weighted by molar-refractivity contribution is 0.0357. The van der Waals surface area contributed by atoms with Gasteiger partial charge in [0, 0.05) is 48.3 Å². The summed E-state index contributed by atoms with van der Waals surface area (Å²) >= 11 is 0. The van der Waals surface area contributed by atoms with Crippen molar-refractivity contribution in [3.8, 4) is 45.6 Å². The van der Waals surface area contributed by atoms with E-state index < -0.39 is 0 Å². The summed E-state index contributed by atoms with van der Waals surface area (Å²) in [4.78, 5) is 11.9. The van der Waals surface area contributed by atoms with Crippen molar-refractivity contribution in [1.29, 1.82) is 0 Å². The molecule has 45 heavy (non-hydrogen) atoms. The van der Waals surface area contributed by atoms with E-state index in [4.69, 9.17) is 34.4 Å². The second kappa shape index (κ2) is 13.8. The summed E-state index contributed by atoms with van der Waals surface area (Å²) in [5.74, 6) is 3.50. The van der Waals surface area contributed by atoms with E-state index in [1.165, 1.54) is 0 Å². The van der Waals surface area contributed by atoms with Gasteiger partial charge in [0.15, 0.2) is 17.3 Å². The van der Waals surface area contributed by atoms with Gasteiger partial charge in [0.05, 0.1) is 59.4 Å². The molecule has 1 saturated heterocycles. The Labute approximate surface area is 261 Å². The third-order valence-electron chi connectivity index (χ3n) is 7.70. The number of hydrogen-bond donors (Lipinski definition) is 1. The van der Waals surface area contributed by atoms with E-state index in [0.29, 0.717) is 58.7 Å². The molecule has 12 nitrogen and oxygen atoms in total. The standard InChI is InChI=1S/C33H37N7O5/c1-41-25-14-22(15-26(17-25)42-2)20-40-21-29(37-38-40)23-6-4-7-24(16-23)33-35-28-19-30(43-3)31(18-27(28)32(34)36-33)45-11-5-8-39-9-12-44-13-10-39/h4,6-7,14-19,21H,5,8-13,20H2,1-3H3,(H2,34,35,36). The number of rotatable bonds is 12. The highest BCUT2D eigenvalue weighted by molar-refractivity contribution is 5.92. The third-order valence-corrected chi connectivity index (χ3v) is 7.70. The van der Waals surface area contributed by atoms with Gasteiger partial charge in [-0.15, -0.1) is 5.10 Å². The lowest BCUT2D eigenvalue weighted by Gasteiger charge is -2.26. The van der Waals surface area contributed by atoms with Crippen molar-refractivity contribution < 1.29 is 23.7 Å². The first-order chi connectivity index (χ1) is 22.0. The van der Waals surface area contributed by atoms with Gasteiger partial charge in [0.2, 0.25) is 0 Å². The highest BCUT2D eigenvalue weighted by Crippen LogP contribution is 2.35. The van der Waals surface area contributed by atoms with Gasteiger partial charge in [-0.1, -0.05) is 23.4 Å². The summed E-state index contributed by atoms with van der Waals surface area (Å²) in [5, 5.41) is 9.45. The van der Waals surface area contributed by atoms with Gasteiger partial charge in [-0.2, -0.15) is 0 Å². The average Bonchev–Trinajstić information content (AvgIpc) is 3.55. The molecule has 0 spiro atoms. The molecule has 5 aromatic rings. The van der Waals surface area contributed by atoms with Crippen molar-refractivity contribution >= 4 is 16.7 Å². The number of morpholine rings is 1. The molecule has 1 aliphatic rings. The molecular formula is C33H37N7O5. The molecule has 12 heteroatoms. The van der Waals surface area contributed by atoms with Gasteiger partial charge in [0.25, 0.3) is 0 Å². The Balaban J connectivity index is 1.19. The zero-order valence-electron chi connectivity index (χ0n) is 25.7. The quantitative estimate of drug-likeness (QED) is 0.202. The monoisotopic (exact) mass is 611 g/mol. The number of methoxy groups -OCH3 is 3. The topological polar surface area (TPSA) is 132 Å². The number of fused-ring (bicyclic) bond motifs is 1. The van der Waals surface area contributed by atoms with Crippen LogP contribution in [0.1, 0.15) is 12.0 Å². The van der Waals surface area contributed by atoms with Gasteiger partial charge in [-0.05, 0) is 36.2 Å². The maximum absolute atomic E-state index is 6.46. The van der Waals surface area contributed by atoms with Crippen LogP contribution in [-0.4, -0.2) is 90.6 Å². The van der Waals surface area contributed by atoms with Crippen molar-refractivity contribution in [3.63, 3.8) is 0 Å². The largest absolute Gasteiger partial charge is 0.497 e. The minimum atomic E-state index is 0.362. The Hall–Kier alpha value is -4.94. The number of ether oxygens (including phenoxy) is 5. The minimum absolute atomic E-state index is 0.362. The molecule has 0 radical (unpaired) electrons. The van der Waals surface area contributed by atoms with E-state index in [0.717, 1.165) is 61.7 Å². The third kappa shape index (κ3) is 7.08. The number of anilines is 1. The lowest BCUT2D eigenvalue weighted by atomic mass is 10.1. The molecule has 3 heterocycles. The van der Waals surface area contributed by atoms with Gasteiger partial charge in [-0.25, -0.2) is 14.6 Å². The molecule has 0 aliphatic carbocycles. The number of nitrogens with two attached hydrogens (primary N) is 1. The number of aromatic nitrogens is 5. The second-order valence-corrected chi connectivity index (χ2v) is 10.7. The summed E-state index contributed by atoms with van der Waals surface area (Å²) in [7, 11) is 4.88. The van der Waals surface area contributed by atoms with Crippen LogP contribution >= 0.6 is 0 Å². The van der Waals surface area contributed by atoms with Crippen LogP contribution in [0.15, 0.2) is 60.8 Å². The van der Waals surface area contributed by atoms with E-state index in [1.54, 1.807) is 26.0 Å². The Morgan fingerprint density at radius 1 is 0.867 bits per heavy atom. The maximum Gasteiger partial charge on any atom is 0.162 e. The van der Waals surface area contributed by atoms with Crippen molar-refractivity contribution in [2.24, 2.45) is 0 Å². The highest BCUT2D eigenvalue weighted by atomic mass is 16.5. The van der Waals surface area contributed by atoms with Crippen molar-refractivity contribution in [2.45, 2.75) is 13.0 Å². The molecule has 0 amide bonds. The van der Waals surface area contributed by atoms with Crippen LogP contribution in [0.4, 0.5) is 5.82 Å². The second-order valence-electron chi connectivity index (χ2n) is 10.7. The normalized spacial score (nSPS) is 13.6. The maximum atomic E-state index is 6.46. The average molecular weight is 612 g/mol. The Morgan fingerprint density at radius 3 is 2.40 bits per heavy atom. The molecule has 0 saturated carbocycles. The fourth-order valence-electron chi connectivity index (χ4n) is 5.33. The molecule has 6 rings (SSSR count). The fourth-order valence-corrected chi connectivity index (χ4v) is 5.33. The highest BCUT2D eigenvalue weighted by Gasteiger charge is 2.15. The van der Waals surface area contributed by atoms with E-state index in [1.807, 2.05) is 60.8 Å². The number of nitrogens with zero attached hydrogens (tertiary/aromatic N) is 6. The molecule has 0 unspecified atom stereocenters. The van der Waals surface area contributed by atoms with Crippen molar-refractivity contribution in [1.82, 2.24) is 29.9 Å². The molecule has 2 aromatic heterocycles. The van der Waals surface area contributed by atoms with Crippen molar-refractivity contribution in [3.05, 3.63) is 66.4 Å². The van der Waals surface area contributed by atoms with Crippen LogP contribution in [0.3, 0.4) is 0 Å². The number of benzene rings is 3. The molecule has 3 aromatic carbocycles. The number of nitrogen functional groups attached to an aromatic ring is 1. The van der Waals surface area contributed by atoms with Crippen LogP contribution < -0.4 is 24.7 Å². The van der Waals surface area contributed by atoms with Crippen LogP contribution in [0.2, 0.25) is 0 Å². The molecule has 1 aliphatic heterocycles. The van der Waals surface area contributed by atoms with E-state index >= 15 is 0 Å². The Bertz CT molecular complexity index is 1750. The van der Waals surface area contributed by atoms with Crippen LogP contribution in [0.5, 0.6) is 23.0 Å². The van der Waals surface area contributed by atoms with E-state index in [2.05, 4.69) is 20.2 Å². The Kier molecular flexibility index (Phi) is 9.22. The minimum Gasteiger partial charge on any atom is -0.497 e. The Morgan fingerprint density at radius 2 is 1.64 bits per heavy atom. The lowest BCUT2D eigenvalue weighted by Crippen LogP contribution is -2.37. The summed E-state index contributed by atoms with van der Waals surface area (Å²) in [5.41, 5.74) is 10.5. The first kappa shape index (κ1) is 30.1. The van der Waals surface area contributed by atoms with Gasteiger partial charge < -0.3 is 29.4 Å². The zero-order chi connectivity index (χ0) is 31.2. The fraction of sp³-hybridized carbons (Fsp3) is 0.333. The number of hydrogen-bond acceptors (Lipinski definition) is 11. The van der Waals surface area contributed by atoms with E-state index in [9.17, 15) is 0 Å². The zero-order valence-corrected chi connectivity index (χ0v) is 25.7. The first-order valence-electron chi connectivity index (χ1n) is 14.8. The predicted molar refractivity (Wildman–Crippen MR) is 171 cm³/mol. The smallest absolute Gasteiger partial charge is 0.162 e. The molecule has 1 fully saturated rings. The summed E-state index contributed by atoms with van der Waals surface area (Å²) in [6.07, 6.45) is 2.79. The first-order valence-corrected chi connectivity index (χ1v) is 14.8. The summed E-state index contributed by atoms with van der Waals surface area (Å²) in [6.45, 7) is 5.51.